The molecule has 1 N–H and O–H groups in total. The Hall–Kier alpha value is -1.94. The molecule has 218 valence electrons. The number of nitrogens with zero attached hydrogens (tertiary/aromatic N) is 4. The molecule has 1 aromatic heterocycles. The van der Waals surface area contributed by atoms with Gasteiger partial charge < -0.3 is 28.8 Å². The number of imidazole rings is 1. The number of likely N-dealkylation sites (tertiary alicyclic amines) is 1. The zero-order valence-electron chi connectivity index (χ0n) is 24.8. The van der Waals surface area contributed by atoms with Crippen molar-refractivity contribution >= 4 is 6.09 Å². The molecule has 3 saturated heterocycles. The van der Waals surface area contributed by atoms with E-state index in [0.717, 1.165) is 38.2 Å². The van der Waals surface area contributed by atoms with Crippen LogP contribution in [0.2, 0.25) is 0 Å². The minimum Gasteiger partial charge on any atom is -0.465 e. The van der Waals surface area contributed by atoms with E-state index < -0.39 is 11.7 Å². The second-order valence-corrected chi connectivity index (χ2v) is 13.2. The molecule has 8 atom stereocenters. The van der Waals surface area contributed by atoms with Crippen LogP contribution in [0.25, 0.3) is 0 Å². The molecule has 0 aromatic carbocycles. The summed E-state index contributed by atoms with van der Waals surface area (Å²) in [7, 11) is 3.87. The Morgan fingerprint density at radius 2 is 2.10 bits per heavy atom. The van der Waals surface area contributed by atoms with E-state index in [0.29, 0.717) is 18.9 Å². The minimum atomic E-state index is -0.929. The summed E-state index contributed by atoms with van der Waals surface area (Å²) in [5, 5.41) is 10.7. The van der Waals surface area contributed by atoms with Gasteiger partial charge in [0.05, 0.1) is 48.5 Å². The van der Waals surface area contributed by atoms with Gasteiger partial charge in [0, 0.05) is 32.3 Å². The van der Waals surface area contributed by atoms with Gasteiger partial charge in [0.25, 0.3) is 0 Å². The van der Waals surface area contributed by atoms with E-state index >= 15 is 0 Å². The summed E-state index contributed by atoms with van der Waals surface area (Å²) in [6, 6.07) is -0.694. The van der Waals surface area contributed by atoms with E-state index in [1.165, 1.54) is 12.0 Å². The van der Waals surface area contributed by atoms with Gasteiger partial charge >= 0.3 is 6.09 Å². The third-order valence-corrected chi connectivity index (χ3v) is 9.68. The fraction of sp³-hybridized carbons (Fsp3) is 0.800. The maximum Gasteiger partial charge on any atom is 0.408 e. The number of aromatic nitrogens is 2. The third-order valence-electron chi connectivity index (χ3n) is 9.68. The minimum absolute atomic E-state index is 0.0455. The lowest BCUT2D eigenvalue weighted by atomic mass is 9.67. The molecule has 1 unspecified atom stereocenters. The highest BCUT2D eigenvalue weighted by molar-refractivity contribution is 5.66. The van der Waals surface area contributed by atoms with E-state index in [-0.39, 0.29) is 41.7 Å². The van der Waals surface area contributed by atoms with Crippen LogP contribution in [0.4, 0.5) is 4.79 Å². The van der Waals surface area contributed by atoms with Gasteiger partial charge in [0.15, 0.2) is 0 Å². The molecule has 4 heterocycles. The fourth-order valence-electron chi connectivity index (χ4n) is 7.64. The summed E-state index contributed by atoms with van der Waals surface area (Å²) in [6.07, 6.45) is 8.49. The predicted octanol–water partition coefficient (Wildman–Crippen LogP) is 4.59. The van der Waals surface area contributed by atoms with Gasteiger partial charge in [-0.3, -0.25) is 4.90 Å². The van der Waals surface area contributed by atoms with Crippen LogP contribution < -0.4 is 0 Å². The normalized spacial score (nSPS) is 36.8. The van der Waals surface area contributed by atoms with E-state index in [4.69, 9.17) is 19.2 Å². The third kappa shape index (κ3) is 5.52. The van der Waals surface area contributed by atoms with E-state index in [1.807, 2.05) is 6.33 Å². The highest BCUT2D eigenvalue weighted by Crippen LogP contribution is 2.60. The van der Waals surface area contributed by atoms with E-state index in [9.17, 15) is 9.90 Å². The first-order valence-corrected chi connectivity index (χ1v) is 14.7. The second kappa shape index (κ2) is 10.8. The van der Waals surface area contributed by atoms with Crippen LogP contribution in [0.5, 0.6) is 0 Å². The van der Waals surface area contributed by atoms with Crippen molar-refractivity contribution in [2.75, 3.05) is 33.9 Å². The Kier molecular flexibility index (Phi) is 7.92. The molecule has 5 rings (SSSR count). The number of allylic oxidation sites excluding steroid dienone is 1. The maximum absolute atomic E-state index is 13.1. The lowest BCUT2D eigenvalue weighted by molar-refractivity contribution is -0.102. The van der Waals surface area contributed by atoms with Crippen LogP contribution in [-0.2, 0) is 20.8 Å². The highest BCUT2D eigenvalue weighted by Gasteiger charge is 2.72. The number of epoxide rings is 2. The molecule has 4 fully saturated rings. The van der Waals surface area contributed by atoms with Gasteiger partial charge in [-0.15, -0.1) is 0 Å². The first kappa shape index (κ1) is 28.6. The first-order chi connectivity index (χ1) is 18.5. The highest BCUT2D eigenvalue weighted by atomic mass is 16.6. The van der Waals surface area contributed by atoms with E-state index in [2.05, 4.69) is 63.4 Å². The molecule has 1 aromatic rings. The number of hydrogen-bond acceptors (Lipinski definition) is 6. The molecule has 1 spiro atoms. The molecule has 1 aliphatic carbocycles. The Morgan fingerprint density at radius 3 is 2.67 bits per heavy atom. The SMILES string of the molecule is CO[C@@H]1[C@H](N(C(=O)O)C(c2cn(C[C@H]3CCN(C)C3)cn2)C(C)C)CC[C@]2(CO2)[C@H]1[C@@]1(C)O[C@@H]1CC=C(C)C. The Labute approximate surface area is 233 Å². The van der Waals surface area contributed by atoms with Crippen molar-refractivity contribution < 1.29 is 24.1 Å². The van der Waals surface area contributed by atoms with Crippen LogP contribution in [0.15, 0.2) is 24.2 Å². The standard InChI is InChI=1S/C30H48N4O5/c1-19(2)8-9-24-29(5,39-24)27-26(37-7)23(10-12-30(27)17-38-30)34(28(35)36)25(20(3)4)22-16-33(18-31-22)15-21-11-13-32(6)14-21/h8,16,18,20-21,23-27H,9-15,17H2,1-7H3,(H,35,36)/t21-,23+,24+,25?,26+,27+,29-,30-/m0/s1. The largest absolute Gasteiger partial charge is 0.465 e. The average Bonchev–Trinajstić information content (AvgIpc) is 3.65. The van der Waals surface area contributed by atoms with Crippen LogP contribution >= 0.6 is 0 Å². The molecule has 9 nitrogen and oxygen atoms in total. The quantitative estimate of drug-likeness (QED) is 0.340. The number of methoxy groups -OCH3 is 1. The molecule has 39 heavy (non-hydrogen) atoms. The van der Waals surface area contributed by atoms with Crippen molar-refractivity contribution in [1.82, 2.24) is 19.4 Å². The van der Waals surface area contributed by atoms with Crippen molar-refractivity contribution in [1.29, 1.82) is 0 Å². The summed E-state index contributed by atoms with van der Waals surface area (Å²) in [5.74, 6) is 0.593. The average molecular weight is 545 g/mol. The van der Waals surface area contributed by atoms with Crippen LogP contribution in [0, 0.1) is 17.8 Å². The van der Waals surface area contributed by atoms with Gasteiger partial charge in [-0.2, -0.15) is 0 Å². The molecule has 1 saturated carbocycles. The lowest BCUT2D eigenvalue weighted by Gasteiger charge is -2.48. The van der Waals surface area contributed by atoms with Crippen molar-refractivity contribution in [3.8, 4) is 0 Å². The molecule has 0 radical (unpaired) electrons. The van der Waals surface area contributed by atoms with Gasteiger partial charge in [0.1, 0.15) is 5.60 Å². The molecule has 0 bridgehead atoms. The zero-order valence-corrected chi connectivity index (χ0v) is 24.8. The number of ether oxygens (including phenoxy) is 3. The summed E-state index contributed by atoms with van der Waals surface area (Å²) < 4.78 is 20.9. The fourth-order valence-corrected chi connectivity index (χ4v) is 7.64. The topological polar surface area (TPSA) is 95.9 Å². The van der Waals surface area contributed by atoms with Gasteiger partial charge in [-0.25, -0.2) is 9.78 Å². The second-order valence-electron chi connectivity index (χ2n) is 13.2. The summed E-state index contributed by atoms with van der Waals surface area (Å²) in [6.45, 7) is 14.3. The molecule has 3 aliphatic heterocycles. The van der Waals surface area contributed by atoms with Gasteiger partial charge in [-0.05, 0) is 71.9 Å². The predicted molar refractivity (Wildman–Crippen MR) is 149 cm³/mol. The smallest absolute Gasteiger partial charge is 0.408 e. The Balaban J connectivity index is 1.41. The Bertz CT molecular complexity index is 1060. The lowest BCUT2D eigenvalue weighted by Crippen LogP contribution is -2.61. The Morgan fingerprint density at radius 1 is 1.36 bits per heavy atom. The summed E-state index contributed by atoms with van der Waals surface area (Å²) in [4.78, 5) is 21.8. The monoisotopic (exact) mass is 544 g/mol. The van der Waals surface area contributed by atoms with Gasteiger partial charge in [-0.1, -0.05) is 25.5 Å². The van der Waals surface area contributed by atoms with Crippen LogP contribution in [-0.4, -0.2) is 93.9 Å². The van der Waals surface area contributed by atoms with Gasteiger partial charge in [0.2, 0.25) is 0 Å². The number of rotatable bonds is 10. The number of carboxylic acid groups (broad SMARTS) is 1. The number of hydrogen-bond donors (Lipinski definition) is 1. The molecular formula is C30H48N4O5. The maximum atomic E-state index is 13.1. The summed E-state index contributed by atoms with van der Waals surface area (Å²) in [5.41, 5.74) is 1.38. The van der Waals surface area contributed by atoms with Crippen LogP contribution in [0.3, 0.4) is 0 Å². The van der Waals surface area contributed by atoms with Crippen molar-refractivity contribution in [3.05, 3.63) is 29.9 Å². The molecule has 9 heteroatoms. The molecular weight excluding hydrogens is 496 g/mol. The summed E-state index contributed by atoms with van der Waals surface area (Å²) >= 11 is 0. The first-order valence-electron chi connectivity index (χ1n) is 14.7. The van der Waals surface area contributed by atoms with Crippen molar-refractivity contribution in [2.24, 2.45) is 17.8 Å². The van der Waals surface area contributed by atoms with E-state index in [1.54, 1.807) is 12.0 Å². The van der Waals surface area contributed by atoms with Crippen molar-refractivity contribution in [3.63, 3.8) is 0 Å². The molecule has 1 amide bonds. The molecule has 4 aliphatic rings. The zero-order chi connectivity index (χ0) is 28.1. The van der Waals surface area contributed by atoms with Crippen LogP contribution in [0.1, 0.15) is 72.0 Å². The number of carbonyl (C=O) groups is 1. The van der Waals surface area contributed by atoms with Crippen molar-refractivity contribution in [2.45, 2.75) is 102 Å². The number of amides is 1.